The van der Waals surface area contributed by atoms with Crippen molar-refractivity contribution < 1.29 is 30.0 Å². The van der Waals surface area contributed by atoms with E-state index in [1.807, 2.05) is 13.8 Å². The number of allylic oxidation sites excluding steroid dienone is 4. The lowest BCUT2D eigenvalue weighted by Gasteiger charge is -2.47. The van der Waals surface area contributed by atoms with Crippen molar-refractivity contribution in [2.75, 3.05) is 6.61 Å². The van der Waals surface area contributed by atoms with Gasteiger partial charge >= 0.3 is 11.9 Å². The van der Waals surface area contributed by atoms with Crippen molar-refractivity contribution in [2.24, 2.45) is 10.8 Å². The Hall–Kier alpha value is -1.66. The van der Waals surface area contributed by atoms with Gasteiger partial charge in [0.15, 0.2) is 0 Å². The summed E-state index contributed by atoms with van der Waals surface area (Å²) < 4.78 is 0. The third-order valence-electron chi connectivity index (χ3n) is 8.86. The average Bonchev–Trinajstić information content (AvgIpc) is 2.93. The second-order valence-corrected chi connectivity index (χ2v) is 12.0. The second-order valence-electron chi connectivity index (χ2n) is 12.0. The monoisotopic (exact) mass is 566 g/mol. The molecule has 234 valence electrons. The third-order valence-corrected chi connectivity index (χ3v) is 8.86. The number of carboxylic acid groups (broad SMARTS) is 2. The van der Waals surface area contributed by atoms with Gasteiger partial charge in [-0.3, -0.25) is 9.59 Å². The predicted molar refractivity (Wildman–Crippen MR) is 165 cm³/mol. The molecule has 0 aliphatic carbocycles. The number of aliphatic carboxylic acids is 2. The van der Waals surface area contributed by atoms with Gasteiger partial charge < -0.3 is 20.4 Å². The Bertz CT molecular complexity index is 703. The summed E-state index contributed by atoms with van der Waals surface area (Å²) in [6, 6.07) is 0. The van der Waals surface area contributed by atoms with Crippen LogP contribution in [0.4, 0.5) is 0 Å². The normalized spacial score (nSPS) is 15.8. The molecule has 0 radical (unpaired) electrons. The van der Waals surface area contributed by atoms with Crippen molar-refractivity contribution in [1.29, 1.82) is 0 Å². The lowest BCUT2D eigenvalue weighted by molar-refractivity contribution is -0.162. The summed E-state index contributed by atoms with van der Waals surface area (Å²) in [4.78, 5) is 23.4. The summed E-state index contributed by atoms with van der Waals surface area (Å²) in [7, 11) is 0. The third kappa shape index (κ3) is 16.6. The molecular formula is C34H62O6. The number of aliphatic hydroxyl groups is 2. The number of carbonyl (C=O) groups is 2. The van der Waals surface area contributed by atoms with Crippen LogP contribution in [0.15, 0.2) is 24.3 Å². The van der Waals surface area contributed by atoms with E-state index in [1.165, 1.54) is 44.9 Å². The highest BCUT2D eigenvalue weighted by molar-refractivity contribution is 5.75. The summed E-state index contributed by atoms with van der Waals surface area (Å²) in [5.41, 5.74) is -1.61. The summed E-state index contributed by atoms with van der Waals surface area (Å²) in [5.74, 6) is -1.62. The molecule has 6 heteroatoms. The van der Waals surface area contributed by atoms with Gasteiger partial charge in [0, 0.05) is 6.42 Å². The molecule has 3 atom stereocenters. The molecule has 0 saturated heterocycles. The van der Waals surface area contributed by atoms with Crippen LogP contribution in [0.3, 0.4) is 0 Å². The highest BCUT2D eigenvalue weighted by atomic mass is 16.4. The number of hydrogen-bond acceptors (Lipinski definition) is 4. The van der Waals surface area contributed by atoms with Crippen molar-refractivity contribution in [3.63, 3.8) is 0 Å². The molecule has 0 heterocycles. The minimum atomic E-state index is -1.01. The molecule has 0 spiro atoms. The van der Waals surface area contributed by atoms with Gasteiger partial charge in [-0.1, -0.05) is 109 Å². The summed E-state index contributed by atoms with van der Waals surface area (Å²) in [6.45, 7) is 5.71. The van der Waals surface area contributed by atoms with Gasteiger partial charge in [-0.05, 0) is 70.1 Å². The molecule has 0 rings (SSSR count). The highest BCUT2D eigenvalue weighted by Gasteiger charge is 2.51. The van der Waals surface area contributed by atoms with Gasteiger partial charge in [-0.25, -0.2) is 0 Å². The minimum absolute atomic E-state index is 0.176. The van der Waals surface area contributed by atoms with Gasteiger partial charge in [-0.15, -0.1) is 0 Å². The Morgan fingerprint density at radius 3 is 1.75 bits per heavy atom. The van der Waals surface area contributed by atoms with Crippen LogP contribution in [-0.2, 0) is 9.59 Å². The fourth-order valence-corrected chi connectivity index (χ4v) is 6.01. The topological polar surface area (TPSA) is 115 Å². The molecular weight excluding hydrogens is 504 g/mol. The van der Waals surface area contributed by atoms with Crippen molar-refractivity contribution in [3.8, 4) is 0 Å². The van der Waals surface area contributed by atoms with Crippen LogP contribution >= 0.6 is 0 Å². The molecule has 0 saturated carbocycles. The Kier molecular flexibility index (Phi) is 23.0. The fourth-order valence-electron chi connectivity index (χ4n) is 6.01. The molecule has 6 nitrogen and oxygen atoms in total. The van der Waals surface area contributed by atoms with Crippen molar-refractivity contribution in [2.45, 2.75) is 162 Å². The summed E-state index contributed by atoms with van der Waals surface area (Å²) in [6.07, 6.45) is 27.2. The Morgan fingerprint density at radius 2 is 1.23 bits per heavy atom. The molecule has 0 aromatic rings. The van der Waals surface area contributed by atoms with E-state index >= 15 is 0 Å². The van der Waals surface area contributed by atoms with Gasteiger partial charge in [0.2, 0.25) is 0 Å². The maximum absolute atomic E-state index is 12.7. The predicted octanol–water partition coefficient (Wildman–Crippen LogP) is 8.85. The van der Waals surface area contributed by atoms with Crippen LogP contribution in [0, 0.1) is 10.8 Å². The smallest absolute Gasteiger partial charge is 0.309 e. The molecule has 0 aromatic carbocycles. The standard InChI is InChI=1S/C34H62O6/c1-4-6-7-8-9-10-11-12-13-14-15-16-17-21-24-27-34(5-2,28-30(36)29-35)33(3,32(39)40)26-23-20-18-19-22-25-31(37)38/h13-16,30,35-36H,4-12,17-29H2,1-3H3,(H,37,38)(H,39,40). The lowest BCUT2D eigenvalue weighted by Crippen LogP contribution is -2.48. The lowest BCUT2D eigenvalue weighted by atomic mass is 9.56. The largest absolute Gasteiger partial charge is 0.481 e. The Morgan fingerprint density at radius 1 is 0.725 bits per heavy atom. The van der Waals surface area contributed by atoms with Gasteiger partial charge in [0.05, 0.1) is 18.1 Å². The first-order chi connectivity index (χ1) is 19.2. The van der Waals surface area contributed by atoms with E-state index in [0.717, 1.165) is 51.4 Å². The van der Waals surface area contributed by atoms with Crippen molar-refractivity contribution >= 4 is 11.9 Å². The molecule has 0 bridgehead atoms. The van der Waals surface area contributed by atoms with E-state index in [-0.39, 0.29) is 19.4 Å². The zero-order valence-corrected chi connectivity index (χ0v) is 26.0. The van der Waals surface area contributed by atoms with E-state index in [0.29, 0.717) is 25.7 Å². The fraction of sp³-hybridized carbons (Fsp3) is 0.824. The number of unbranched alkanes of at least 4 members (excludes halogenated alkanes) is 13. The molecule has 0 aliphatic rings. The van der Waals surface area contributed by atoms with E-state index in [1.54, 1.807) is 0 Å². The van der Waals surface area contributed by atoms with Crippen LogP contribution in [0.1, 0.15) is 156 Å². The highest BCUT2D eigenvalue weighted by Crippen LogP contribution is 2.52. The van der Waals surface area contributed by atoms with Crippen molar-refractivity contribution in [3.05, 3.63) is 24.3 Å². The Balaban J connectivity index is 4.79. The van der Waals surface area contributed by atoms with Crippen LogP contribution in [0.25, 0.3) is 0 Å². The number of carboxylic acids is 2. The number of hydrogen-bond donors (Lipinski definition) is 4. The van der Waals surface area contributed by atoms with E-state index < -0.39 is 28.9 Å². The first-order valence-corrected chi connectivity index (χ1v) is 16.2. The second kappa shape index (κ2) is 24.0. The molecule has 0 aromatic heterocycles. The maximum atomic E-state index is 12.7. The maximum Gasteiger partial charge on any atom is 0.309 e. The zero-order valence-electron chi connectivity index (χ0n) is 26.0. The SMILES string of the molecule is CCCCCCCCCC=CC=CCCCCC(CC)(CC(O)CO)C(C)(CCCCCCCC(=O)O)C(=O)O. The minimum Gasteiger partial charge on any atom is -0.481 e. The molecule has 0 amide bonds. The van der Waals surface area contributed by atoms with Gasteiger partial charge in [0.25, 0.3) is 0 Å². The quantitative estimate of drug-likeness (QED) is 0.0555. The van der Waals surface area contributed by atoms with Gasteiger partial charge in [0.1, 0.15) is 0 Å². The van der Waals surface area contributed by atoms with E-state index in [2.05, 4.69) is 31.2 Å². The van der Waals surface area contributed by atoms with Crippen LogP contribution in [0.2, 0.25) is 0 Å². The summed E-state index contributed by atoms with van der Waals surface area (Å²) in [5, 5.41) is 39.2. The number of aliphatic hydroxyl groups excluding tert-OH is 2. The Labute approximate surface area is 245 Å². The first-order valence-electron chi connectivity index (χ1n) is 16.2. The molecule has 0 aliphatic heterocycles. The average molecular weight is 567 g/mol. The number of rotatable bonds is 28. The van der Waals surface area contributed by atoms with Crippen molar-refractivity contribution in [1.82, 2.24) is 0 Å². The molecule has 4 N–H and O–H groups in total. The van der Waals surface area contributed by atoms with Crippen LogP contribution in [-0.4, -0.2) is 45.1 Å². The molecule has 3 unspecified atom stereocenters. The zero-order chi connectivity index (χ0) is 30.1. The molecule has 40 heavy (non-hydrogen) atoms. The van der Waals surface area contributed by atoms with E-state index in [4.69, 9.17) is 5.11 Å². The molecule has 0 fully saturated rings. The first kappa shape index (κ1) is 38.3. The van der Waals surface area contributed by atoms with Crippen LogP contribution < -0.4 is 0 Å². The van der Waals surface area contributed by atoms with Gasteiger partial charge in [-0.2, -0.15) is 0 Å². The van der Waals surface area contributed by atoms with Crippen LogP contribution in [0.5, 0.6) is 0 Å². The van der Waals surface area contributed by atoms with E-state index in [9.17, 15) is 24.9 Å². The summed E-state index contributed by atoms with van der Waals surface area (Å²) >= 11 is 0.